The van der Waals surface area contributed by atoms with E-state index in [9.17, 15) is 9.59 Å². The van der Waals surface area contributed by atoms with E-state index >= 15 is 0 Å². The van der Waals surface area contributed by atoms with Gasteiger partial charge in [0.1, 0.15) is 6.04 Å². The van der Waals surface area contributed by atoms with Crippen molar-refractivity contribution < 1.29 is 9.59 Å². The number of amides is 2. The molecule has 0 aromatic heterocycles. The van der Waals surface area contributed by atoms with Gasteiger partial charge in [0, 0.05) is 19.0 Å². The third kappa shape index (κ3) is 4.42. The Bertz CT molecular complexity index is 440. The van der Waals surface area contributed by atoms with Gasteiger partial charge in [0.05, 0.1) is 0 Å². The van der Waals surface area contributed by atoms with Crippen molar-refractivity contribution in [3.05, 3.63) is 0 Å². The van der Waals surface area contributed by atoms with Crippen LogP contribution in [0.25, 0.3) is 0 Å². The summed E-state index contributed by atoms with van der Waals surface area (Å²) in [6, 6.07) is 0.194. The highest BCUT2D eigenvalue weighted by molar-refractivity contribution is 5.87. The Hall–Kier alpha value is -0.810. The van der Waals surface area contributed by atoms with E-state index in [1.807, 2.05) is 0 Å². The van der Waals surface area contributed by atoms with E-state index in [1.54, 1.807) is 0 Å². The number of fused-ring (bicyclic) bond motifs is 2. The molecule has 3 aliphatic rings. The summed E-state index contributed by atoms with van der Waals surface area (Å²) in [5.41, 5.74) is 6.17. The molecule has 138 valence electrons. The topological polar surface area (TPSA) is 84.2 Å². The van der Waals surface area contributed by atoms with Gasteiger partial charge in [0.15, 0.2) is 0 Å². The average Bonchev–Trinajstić information content (AvgIpc) is 2.99. The molecule has 0 aliphatic heterocycles. The second-order valence-electron chi connectivity index (χ2n) is 7.94. The molecular formula is C18H32ClN3O2. The van der Waals surface area contributed by atoms with Crippen LogP contribution in [0.5, 0.6) is 0 Å². The van der Waals surface area contributed by atoms with Crippen LogP contribution in [0.1, 0.15) is 64.7 Å². The first-order chi connectivity index (χ1) is 11.0. The predicted octanol–water partition coefficient (Wildman–Crippen LogP) is 2.13. The third-order valence-corrected chi connectivity index (χ3v) is 6.20. The summed E-state index contributed by atoms with van der Waals surface area (Å²) >= 11 is 0. The van der Waals surface area contributed by atoms with Crippen molar-refractivity contribution >= 4 is 24.2 Å². The Morgan fingerprint density at radius 3 is 2.12 bits per heavy atom. The van der Waals surface area contributed by atoms with Crippen LogP contribution in [0.15, 0.2) is 0 Å². The molecule has 5 nitrogen and oxygen atoms in total. The maximum atomic E-state index is 12.9. The molecule has 3 aliphatic carbocycles. The van der Waals surface area contributed by atoms with Crippen LogP contribution in [0.4, 0.5) is 0 Å². The van der Waals surface area contributed by atoms with E-state index in [2.05, 4.69) is 10.6 Å². The van der Waals surface area contributed by atoms with Gasteiger partial charge in [-0.3, -0.25) is 9.59 Å². The Kier molecular flexibility index (Phi) is 6.93. The molecule has 3 rings (SSSR count). The van der Waals surface area contributed by atoms with Gasteiger partial charge in [-0.15, -0.1) is 12.4 Å². The van der Waals surface area contributed by atoms with Crippen LogP contribution >= 0.6 is 12.4 Å². The number of carbonyl (C=O) groups is 2. The Morgan fingerprint density at radius 2 is 1.58 bits per heavy atom. The first-order valence-electron chi connectivity index (χ1n) is 9.37. The maximum absolute atomic E-state index is 12.9. The summed E-state index contributed by atoms with van der Waals surface area (Å²) in [6.07, 6.45) is 10.1. The molecule has 2 bridgehead atoms. The maximum Gasteiger partial charge on any atom is 0.243 e. The SMILES string of the molecule is CC(=O)NC(C(=O)NC1C2CCCC1CC(N)C2)C1CCCC1.Cl. The number of nitrogens with two attached hydrogens (primary N) is 1. The van der Waals surface area contributed by atoms with E-state index in [0.717, 1.165) is 38.5 Å². The Morgan fingerprint density at radius 1 is 1.00 bits per heavy atom. The van der Waals surface area contributed by atoms with Crippen LogP contribution < -0.4 is 16.4 Å². The van der Waals surface area contributed by atoms with Crippen molar-refractivity contribution in [3.63, 3.8) is 0 Å². The van der Waals surface area contributed by atoms with E-state index in [4.69, 9.17) is 5.73 Å². The monoisotopic (exact) mass is 357 g/mol. The zero-order valence-electron chi connectivity index (χ0n) is 14.6. The van der Waals surface area contributed by atoms with Crippen molar-refractivity contribution in [2.75, 3.05) is 0 Å². The zero-order valence-corrected chi connectivity index (χ0v) is 15.4. The van der Waals surface area contributed by atoms with Gasteiger partial charge in [0.2, 0.25) is 11.8 Å². The average molecular weight is 358 g/mol. The summed E-state index contributed by atoms with van der Waals surface area (Å²) in [5, 5.41) is 6.22. The minimum atomic E-state index is -0.355. The molecule has 0 spiro atoms. The largest absolute Gasteiger partial charge is 0.351 e. The summed E-state index contributed by atoms with van der Waals surface area (Å²) < 4.78 is 0. The molecule has 4 N–H and O–H groups in total. The molecule has 0 radical (unpaired) electrons. The first kappa shape index (κ1) is 19.5. The molecule has 3 unspecified atom stereocenters. The molecule has 0 heterocycles. The van der Waals surface area contributed by atoms with E-state index in [0.29, 0.717) is 23.8 Å². The lowest BCUT2D eigenvalue weighted by atomic mass is 9.67. The molecule has 3 fully saturated rings. The summed E-state index contributed by atoms with van der Waals surface area (Å²) in [4.78, 5) is 24.4. The first-order valence-corrected chi connectivity index (χ1v) is 9.37. The van der Waals surface area contributed by atoms with Gasteiger partial charge in [-0.2, -0.15) is 0 Å². The second kappa shape index (κ2) is 8.52. The number of nitrogens with one attached hydrogen (secondary N) is 2. The molecule has 2 amide bonds. The number of rotatable bonds is 4. The van der Waals surface area contributed by atoms with Gasteiger partial charge in [-0.1, -0.05) is 19.3 Å². The molecule has 24 heavy (non-hydrogen) atoms. The smallest absolute Gasteiger partial charge is 0.243 e. The van der Waals surface area contributed by atoms with E-state index < -0.39 is 0 Å². The fourth-order valence-electron chi connectivity index (χ4n) is 5.19. The van der Waals surface area contributed by atoms with Crippen molar-refractivity contribution in [3.8, 4) is 0 Å². The highest BCUT2D eigenvalue weighted by atomic mass is 35.5. The predicted molar refractivity (Wildman–Crippen MR) is 96.8 cm³/mol. The van der Waals surface area contributed by atoms with Crippen LogP contribution in [0.2, 0.25) is 0 Å². The van der Waals surface area contributed by atoms with E-state index in [1.165, 1.54) is 26.2 Å². The van der Waals surface area contributed by atoms with Crippen LogP contribution in [0, 0.1) is 17.8 Å². The molecular weight excluding hydrogens is 326 g/mol. The van der Waals surface area contributed by atoms with Gasteiger partial charge in [-0.05, 0) is 56.3 Å². The van der Waals surface area contributed by atoms with Gasteiger partial charge in [-0.25, -0.2) is 0 Å². The minimum absolute atomic E-state index is 0. The highest BCUT2D eigenvalue weighted by Gasteiger charge is 2.41. The fourth-order valence-corrected chi connectivity index (χ4v) is 5.19. The summed E-state index contributed by atoms with van der Waals surface area (Å²) in [7, 11) is 0. The molecule has 0 aromatic carbocycles. The molecule has 3 saturated carbocycles. The molecule has 6 heteroatoms. The Labute approximate surface area is 151 Å². The number of halogens is 1. The standard InChI is InChI=1S/C18H31N3O2.ClH/c1-11(22)20-17(12-5-2-3-6-12)18(23)21-16-13-7-4-8-14(16)10-15(19)9-13;/h12-17H,2-10,19H2,1H3,(H,20,22)(H,21,23);1H. The van der Waals surface area contributed by atoms with Gasteiger partial charge in [0.25, 0.3) is 0 Å². The minimum Gasteiger partial charge on any atom is -0.351 e. The van der Waals surface area contributed by atoms with Crippen molar-refractivity contribution in [1.29, 1.82) is 0 Å². The van der Waals surface area contributed by atoms with Crippen LogP contribution in [-0.4, -0.2) is 29.9 Å². The summed E-state index contributed by atoms with van der Waals surface area (Å²) in [5.74, 6) is 1.25. The normalized spacial score (nSPS) is 34.1. The molecule has 0 aromatic rings. The summed E-state index contributed by atoms with van der Waals surface area (Å²) in [6.45, 7) is 1.50. The second-order valence-corrected chi connectivity index (χ2v) is 7.94. The number of carbonyl (C=O) groups excluding carboxylic acids is 2. The lowest BCUT2D eigenvalue weighted by Gasteiger charge is -2.45. The lowest BCUT2D eigenvalue weighted by molar-refractivity contribution is -0.131. The van der Waals surface area contributed by atoms with E-state index in [-0.39, 0.29) is 36.3 Å². The zero-order chi connectivity index (χ0) is 16.4. The molecule has 3 atom stereocenters. The number of hydrogen-bond donors (Lipinski definition) is 3. The molecule has 0 saturated heterocycles. The van der Waals surface area contributed by atoms with Crippen LogP contribution in [0.3, 0.4) is 0 Å². The third-order valence-electron chi connectivity index (χ3n) is 6.20. The van der Waals surface area contributed by atoms with Gasteiger partial charge >= 0.3 is 0 Å². The fraction of sp³-hybridized carbons (Fsp3) is 0.889. The van der Waals surface area contributed by atoms with Crippen LogP contribution in [-0.2, 0) is 9.59 Å². The number of hydrogen-bond acceptors (Lipinski definition) is 3. The lowest BCUT2D eigenvalue weighted by Crippen LogP contribution is -2.58. The van der Waals surface area contributed by atoms with Crippen molar-refractivity contribution in [2.45, 2.75) is 82.8 Å². The highest BCUT2D eigenvalue weighted by Crippen LogP contribution is 2.40. The Balaban J connectivity index is 0.00000208. The van der Waals surface area contributed by atoms with Gasteiger partial charge < -0.3 is 16.4 Å². The van der Waals surface area contributed by atoms with Crippen molar-refractivity contribution in [2.24, 2.45) is 23.5 Å². The van der Waals surface area contributed by atoms with Crippen molar-refractivity contribution in [1.82, 2.24) is 10.6 Å². The quantitative estimate of drug-likeness (QED) is 0.720.